The normalized spacial score (nSPS) is 25.8. The van der Waals surface area contributed by atoms with E-state index in [1.807, 2.05) is 0 Å². The summed E-state index contributed by atoms with van der Waals surface area (Å²) in [6, 6.07) is -0.139. The van der Waals surface area contributed by atoms with Crippen LogP contribution in [0.3, 0.4) is 0 Å². The summed E-state index contributed by atoms with van der Waals surface area (Å²) in [6.07, 6.45) is 8.14. The Morgan fingerprint density at radius 2 is 1.86 bits per heavy atom. The second-order valence-electron chi connectivity index (χ2n) is 5.99. The van der Waals surface area contributed by atoms with Crippen molar-refractivity contribution in [3.63, 3.8) is 0 Å². The Hall–Kier alpha value is -0.650. The van der Waals surface area contributed by atoms with Crippen molar-refractivity contribution in [2.45, 2.75) is 83.0 Å². The van der Waals surface area contributed by atoms with E-state index >= 15 is 0 Å². The number of hydrogen-bond acceptors (Lipinski definition) is 4. The van der Waals surface area contributed by atoms with Crippen LogP contribution in [-0.4, -0.2) is 47.6 Å². The Kier molecular flexibility index (Phi) is 9.63. The van der Waals surface area contributed by atoms with E-state index in [4.69, 9.17) is 9.84 Å². The molecule has 1 aliphatic rings. The lowest BCUT2D eigenvalue weighted by atomic mass is 10.0. The number of aliphatic hydroxyl groups excluding tert-OH is 2. The van der Waals surface area contributed by atoms with Gasteiger partial charge in [0.05, 0.1) is 25.4 Å². The monoisotopic (exact) mass is 301 g/mol. The zero-order valence-corrected chi connectivity index (χ0v) is 13.2. The molecule has 5 heteroatoms. The highest BCUT2D eigenvalue weighted by atomic mass is 16.5. The maximum atomic E-state index is 11.8. The summed E-state index contributed by atoms with van der Waals surface area (Å²) in [5, 5.41) is 21.6. The molecular formula is C16H31NO4. The maximum absolute atomic E-state index is 11.8. The van der Waals surface area contributed by atoms with Gasteiger partial charge in [-0.15, -0.1) is 0 Å². The van der Waals surface area contributed by atoms with E-state index in [-0.39, 0.29) is 18.6 Å². The highest BCUT2D eigenvalue weighted by molar-refractivity contribution is 5.76. The van der Waals surface area contributed by atoms with Crippen LogP contribution >= 0.6 is 0 Å². The van der Waals surface area contributed by atoms with Crippen LogP contribution in [0.25, 0.3) is 0 Å². The van der Waals surface area contributed by atoms with Gasteiger partial charge in [0.2, 0.25) is 5.91 Å². The molecule has 1 rings (SSSR count). The standard InChI is InChI=1S/C16H31NO4/c1-2-3-4-5-6-7-8-9-16(20)17-13-10-14(19)15(11-18)21-12-13/h13-15,18-19H,2-12H2,1H3,(H,17,20)/t13-,14+,15-/m1/s1. The van der Waals surface area contributed by atoms with Gasteiger partial charge >= 0.3 is 0 Å². The van der Waals surface area contributed by atoms with Crippen LogP contribution in [0.15, 0.2) is 0 Å². The number of rotatable bonds is 10. The largest absolute Gasteiger partial charge is 0.394 e. The molecule has 1 amide bonds. The fraction of sp³-hybridized carbons (Fsp3) is 0.938. The Bertz CT molecular complexity index is 285. The topological polar surface area (TPSA) is 78.8 Å². The number of hydrogen-bond donors (Lipinski definition) is 3. The molecule has 3 atom stereocenters. The van der Waals surface area contributed by atoms with Gasteiger partial charge in [-0.2, -0.15) is 0 Å². The number of unbranched alkanes of at least 4 members (excludes halogenated alkanes) is 6. The average Bonchev–Trinajstić information content (AvgIpc) is 2.46. The molecule has 0 radical (unpaired) electrons. The molecule has 0 aromatic carbocycles. The minimum absolute atomic E-state index is 0.0341. The van der Waals surface area contributed by atoms with E-state index < -0.39 is 12.2 Å². The molecule has 1 saturated heterocycles. The smallest absolute Gasteiger partial charge is 0.220 e. The minimum Gasteiger partial charge on any atom is -0.394 e. The zero-order valence-electron chi connectivity index (χ0n) is 13.2. The molecule has 0 aliphatic carbocycles. The number of ether oxygens (including phenoxy) is 1. The van der Waals surface area contributed by atoms with Crippen molar-refractivity contribution in [2.75, 3.05) is 13.2 Å². The van der Waals surface area contributed by atoms with Crippen LogP contribution in [0.2, 0.25) is 0 Å². The Morgan fingerprint density at radius 1 is 1.19 bits per heavy atom. The highest BCUT2D eigenvalue weighted by Gasteiger charge is 2.29. The van der Waals surface area contributed by atoms with Gasteiger partial charge in [-0.05, 0) is 12.8 Å². The van der Waals surface area contributed by atoms with E-state index in [2.05, 4.69) is 12.2 Å². The van der Waals surface area contributed by atoms with Crippen molar-refractivity contribution in [3.05, 3.63) is 0 Å². The first kappa shape index (κ1) is 18.4. The van der Waals surface area contributed by atoms with Gasteiger partial charge in [-0.3, -0.25) is 4.79 Å². The molecule has 21 heavy (non-hydrogen) atoms. The number of nitrogens with one attached hydrogen (secondary N) is 1. The third kappa shape index (κ3) is 7.79. The molecule has 124 valence electrons. The fourth-order valence-corrected chi connectivity index (χ4v) is 2.68. The van der Waals surface area contributed by atoms with Crippen molar-refractivity contribution in [2.24, 2.45) is 0 Å². The summed E-state index contributed by atoms with van der Waals surface area (Å²) < 4.78 is 5.32. The Morgan fingerprint density at radius 3 is 2.48 bits per heavy atom. The third-order valence-corrected chi connectivity index (χ3v) is 4.02. The molecule has 0 saturated carbocycles. The van der Waals surface area contributed by atoms with Crippen molar-refractivity contribution < 1.29 is 19.7 Å². The number of aliphatic hydroxyl groups is 2. The highest BCUT2D eigenvalue weighted by Crippen LogP contribution is 2.14. The van der Waals surface area contributed by atoms with Crippen LogP contribution in [0.4, 0.5) is 0 Å². The first-order valence-corrected chi connectivity index (χ1v) is 8.37. The van der Waals surface area contributed by atoms with Gasteiger partial charge in [0.25, 0.3) is 0 Å². The molecule has 0 unspecified atom stereocenters. The fourth-order valence-electron chi connectivity index (χ4n) is 2.68. The van der Waals surface area contributed by atoms with E-state index in [1.165, 1.54) is 32.1 Å². The van der Waals surface area contributed by atoms with Crippen LogP contribution in [0.5, 0.6) is 0 Å². The third-order valence-electron chi connectivity index (χ3n) is 4.02. The van der Waals surface area contributed by atoms with Crippen molar-refractivity contribution >= 4 is 5.91 Å². The van der Waals surface area contributed by atoms with E-state index in [0.717, 1.165) is 12.8 Å². The summed E-state index contributed by atoms with van der Waals surface area (Å²) in [7, 11) is 0. The van der Waals surface area contributed by atoms with Gasteiger partial charge in [-0.1, -0.05) is 45.4 Å². The summed E-state index contributed by atoms with van der Waals surface area (Å²) in [4.78, 5) is 11.8. The van der Waals surface area contributed by atoms with Crippen LogP contribution in [0.1, 0.15) is 64.7 Å². The number of carbonyl (C=O) groups is 1. The molecular weight excluding hydrogens is 270 g/mol. The van der Waals surface area contributed by atoms with E-state index in [0.29, 0.717) is 19.4 Å². The van der Waals surface area contributed by atoms with Crippen molar-refractivity contribution in [1.29, 1.82) is 0 Å². The maximum Gasteiger partial charge on any atom is 0.220 e. The van der Waals surface area contributed by atoms with Gasteiger partial charge < -0.3 is 20.3 Å². The molecule has 1 aliphatic heterocycles. The summed E-state index contributed by atoms with van der Waals surface area (Å²) in [5.41, 5.74) is 0. The Labute approximate surface area is 128 Å². The van der Waals surface area contributed by atoms with Crippen molar-refractivity contribution in [3.8, 4) is 0 Å². The predicted molar refractivity (Wildman–Crippen MR) is 82.0 cm³/mol. The molecule has 5 nitrogen and oxygen atoms in total. The van der Waals surface area contributed by atoms with E-state index in [9.17, 15) is 9.90 Å². The molecule has 1 fully saturated rings. The molecule has 1 heterocycles. The average molecular weight is 301 g/mol. The van der Waals surface area contributed by atoms with Gasteiger partial charge in [0, 0.05) is 6.42 Å². The van der Waals surface area contributed by atoms with Crippen LogP contribution in [0, 0.1) is 0 Å². The SMILES string of the molecule is CCCCCCCCCC(=O)N[C@H]1CO[C@H](CO)[C@@H](O)C1. The van der Waals surface area contributed by atoms with Gasteiger partial charge in [-0.25, -0.2) is 0 Å². The lowest BCUT2D eigenvalue weighted by Gasteiger charge is -2.32. The molecule has 3 N–H and O–H groups in total. The number of amides is 1. The van der Waals surface area contributed by atoms with Crippen LogP contribution in [-0.2, 0) is 9.53 Å². The van der Waals surface area contributed by atoms with Crippen molar-refractivity contribution in [1.82, 2.24) is 5.32 Å². The lowest BCUT2D eigenvalue weighted by Crippen LogP contribution is -2.50. The second-order valence-corrected chi connectivity index (χ2v) is 5.99. The quantitative estimate of drug-likeness (QED) is 0.537. The predicted octanol–water partition coefficient (Wildman–Crippen LogP) is 1.75. The summed E-state index contributed by atoms with van der Waals surface area (Å²) in [5.74, 6) is 0.0341. The number of carbonyl (C=O) groups excluding carboxylic acids is 1. The first-order chi connectivity index (χ1) is 10.2. The molecule has 0 aromatic heterocycles. The van der Waals surface area contributed by atoms with E-state index in [1.54, 1.807) is 0 Å². The van der Waals surface area contributed by atoms with Gasteiger partial charge in [0.15, 0.2) is 0 Å². The summed E-state index contributed by atoms with van der Waals surface area (Å²) in [6.45, 7) is 2.39. The molecule has 0 aromatic rings. The minimum atomic E-state index is -0.701. The zero-order chi connectivity index (χ0) is 15.5. The first-order valence-electron chi connectivity index (χ1n) is 8.37. The van der Waals surface area contributed by atoms with Gasteiger partial charge in [0.1, 0.15) is 6.10 Å². The van der Waals surface area contributed by atoms with Crippen LogP contribution < -0.4 is 5.32 Å². The Balaban J connectivity index is 2.03. The molecule has 0 spiro atoms. The molecule has 0 bridgehead atoms. The second kappa shape index (κ2) is 11.0. The summed E-state index contributed by atoms with van der Waals surface area (Å²) >= 11 is 0. The lowest BCUT2D eigenvalue weighted by molar-refractivity contribution is -0.129.